The minimum absolute atomic E-state index is 0.0461. The van der Waals surface area contributed by atoms with E-state index in [1.54, 1.807) is 12.1 Å². The smallest absolute Gasteiger partial charge is 0.239 e. The van der Waals surface area contributed by atoms with Crippen LogP contribution in [0.1, 0.15) is 24.3 Å². The molecule has 5 nitrogen and oxygen atoms in total. The summed E-state index contributed by atoms with van der Waals surface area (Å²) in [6.45, 7) is 2.22. The van der Waals surface area contributed by atoms with Crippen molar-refractivity contribution in [1.29, 1.82) is 0 Å². The molecule has 1 fully saturated rings. The lowest BCUT2D eigenvalue weighted by molar-refractivity contribution is -0.117. The van der Waals surface area contributed by atoms with Crippen molar-refractivity contribution >= 4 is 23.3 Å². The van der Waals surface area contributed by atoms with E-state index in [2.05, 4.69) is 32.3 Å². The molecule has 3 heterocycles. The Labute approximate surface area is 140 Å². The fourth-order valence-electron chi connectivity index (χ4n) is 2.94. The first kappa shape index (κ1) is 15.9. The fourth-order valence-corrected chi connectivity index (χ4v) is 3.05. The van der Waals surface area contributed by atoms with E-state index >= 15 is 0 Å². The highest BCUT2D eigenvalue weighted by atomic mass is 35.5. The van der Waals surface area contributed by atoms with Crippen LogP contribution in [-0.2, 0) is 4.79 Å². The quantitative estimate of drug-likeness (QED) is 0.936. The third-order valence-corrected chi connectivity index (χ3v) is 4.27. The Hall–Kier alpha value is -1.98. The SMILES string of the molecule is O=C(CN1CCCC(c2ccncc2)C1)Nc1ccc(Cl)cn1. The molecule has 0 radical (unpaired) electrons. The fraction of sp³-hybridized carbons (Fsp3) is 0.353. The summed E-state index contributed by atoms with van der Waals surface area (Å²) in [5.41, 5.74) is 1.30. The second kappa shape index (κ2) is 7.53. The number of nitrogens with one attached hydrogen (secondary N) is 1. The maximum atomic E-state index is 12.2. The van der Waals surface area contributed by atoms with Gasteiger partial charge in [0.25, 0.3) is 0 Å². The first-order chi connectivity index (χ1) is 11.2. The number of piperidine rings is 1. The molecule has 1 aliphatic heterocycles. The highest BCUT2D eigenvalue weighted by Gasteiger charge is 2.22. The third kappa shape index (κ3) is 4.50. The van der Waals surface area contributed by atoms with E-state index in [4.69, 9.17) is 11.6 Å². The van der Waals surface area contributed by atoms with Gasteiger partial charge < -0.3 is 5.32 Å². The van der Waals surface area contributed by atoms with E-state index in [9.17, 15) is 4.79 Å². The lowest BCUT2D eigenvalue weighted by atomic mass is 9.91. The van der Waals surface area contributed by atoms with Crippen LogP contribution in [0, 0.1) is 0 Å². The van der Waals surface area contributed by atoms with Crippen molar-refractivity contribution in [2.75, 3.05) is 25.0 Å². The summed E-state index contributed by atoms with van der Waals surface area (Å²) in [4.78, 5) is 22.5. The zero-order chi connectivity index (χ0) is 16.1. The normalized spacial score (nSPS) is 18.6. The number of likely N-dealkylation sites (tertiary alicyclic amines) is 1. The van der Waals surface area contributed by atoms with Crippen LogP contribution in [0.25, 0.3) is 0 Å². The van der Waals surface area contributed by atoms with Crippen LogP contribution in [0.15, 0.2) is 42.9 Å². The van der Waals surface area contributed by atoms with Crippen LogP contribution in [-0.4, -0.2) is 40.4 Å². The van der Waals surface area contributed by atoms with E-state index in [0.717, 1.165) is 25.9 Å². The summed E-state index contributed by atoms with van der Waals surface area (Å²) in [7, 11) is 0. The van der Waals surface area contributed by atoms with Crippen molar-refractivity contribution < 1.29 is 4.79 Å². The van der Waals surface area contributed by atoms with Gasteiger partial charge in [0.05, 0.1) is 11.6 Å². The molecule has 3 rings (SSSR count). The number of aromatic nitrogens is 2. The number of halogens is 1. The van der Waals surface area contributed by atoms with Gasteiger partial charge in [-0.15, -0.1) is 0 Å². The van der Waals surface area contributed by atoms with Crippen LogP contribution in [0.3, 0.4) is 0 Å². The molecule has 1 aliphatic rings. The average Bonchev–Trinajstić information content (AvgIpc) is 2.58. The molecule has 0 aromatic carbocycles. The summed E-state index contributed by atoms with van der Waals surface area (Å²) < 4.78 is 0. The molecular formula is C17H19ClN4O. The van der Waals surface area contributed by atoms with Crippen molar-refractivity contribution in [3.63, 3.8) is 0 Å². The van der Waals surface area contributed by atoms with Gasteiger partial charge in [0.15, 0.2) is 0 Å². The number of carbonyl (C=O) groups excluding carboxylic acids is 1. The van der Waals surface area contributed by atoms with Gasteiger partial charge in [-0.05, 0) is 55.1 Å². The van der Waals surface area contributed by atoms with Crippen molar-refractivity contribution in [3.05, 3.63) is 53.4 Å². The Kier molecular flexibility index (Phi) is 5.20. The van der Waals surface area contributed by atoms with Crippen molar-refractivity contribution in [2.24, 2.45) is 0 Å². The summed E-state index contributed by atoms with van der Waals surface area (Å²) in [6.07, 6.45) is 7.43. The highest BCUT2D eigenvalue weighted by Crippen LogP contribution is 2.26. The Morgan fingerprint density at radius 2 is 2.13 bits per heavy atom. The van der Waals surface area contributed by atoms with Gasteiger partial charge >= 0.3 is 0 Å². The zero-order valence-corrected chi connectivity index (χ0v) is 13.5. The molecule has 0 aliphatic carbocycles. The van der Waals surface area contributed by atoms with Crippen LogP contribution >= 0.6 is 11.6 Å². The molecule has 120 valence electrons. The predicted octanol–water partition coefficient (Wildman–Crippen LogP) is 2.95. The lowest BCUT2D eigenvalue weighted by Gasteiger charge is -2.32. The van der Waals surface area contributed by atoms with E-state index in [1.165, 1.54) is 11.8 Å². The highest BCUT2D eigenvalue weighted by molar-refractivity contribution is 6.30. The average molecular weight is 331 g/mol. The summed E-state index contributed by atoms with van der Waals surface area (Å²) in [5, 5.41) is 3.37. The van der Waals surface area contributed by atoms with Crippen molar-refractivity contribution in [1.82, 2.24) is 14.9 Å². The number of anilines is 1. The van der Waals surface area contributed by atoms with Crippen LogP contribution < -0.4 is 5.32 Å². The van der Waals surface area contributed by atoms with E-state index in [1.807, 2.05) is 12.4 Å². The van der Waals surface area contributed by atoms with E-state index in [0.29, 0.717) is 23.3 Å². The number of carbonyl (C=O) groups is 1. The minimum atomic E-state index is -0.0461. The van der Waals surface area contributed by atoms with Gasteiger partial charge in [-0.2, -0.15) is 0 Å². The molecule has 2 aromatic heterocycles. The largest absolute Gasteiger partial charge is 0.310 e. The molecular weight excluding hydrogens is 312 g/mol. The van der Waals surface area contributed by atoms with Crippen molar-refractivity contribution in [2.45, 2.75) is 18.8 Å². The Morgan fingerprint density at radius 1 is 1.30 bits per heavy atom. The number of hydrogen-bond acceptors (Lipinski definition) is 4. The van der Waals surface area contributed by atoms with Gasteiger partial charge in [-0.1, -0.05) is 11.6 Å². The molecule has 23 heavy (non-hydrogen) atoms. The Balaban J connectivity index is 1.55. The molecule has 0 bridgehead atoms. The second-order valence-corrected chi connectivity index (χ2v) is 6.20. The second-order valence-electron chi connectivity index (χ2n) is 5.76. The molecule has 1 saturated heterocycles. The lowest BCUT2D eigenvalue weighted by Crippen LogP contribution is -2.39. The van der Waals surface area contributed by atoms with Crippen molar-refractivity contribution in [3.8, 4) is 0 Å². The first-order valence-electron chi connectivity index (χ1n) is 7.74. The maximum Gasteiger partial charge on any atom is 0.239 e. The predicted molar refractivity (Wildman–Crippen MR) is 90.5 cm³/mol. The van der Waals surface area contributed by atoms with Gasteiger partial charge in [0.1, 0.15) is 5.82 Å². The van der Waals surface area contributed by atoms with Crippen LogP contribution in [0.5, 0.6) is 0 Å². The first-order valence-corrected chi connectivity index (χ1v) is 8.12. The van der Waals surface area contributed by atoms with Gasteiger partial charge in [-0.25, -0.2) is 4.98 Å². The number of pyridine rings is 2. The topological polar surface area (TPSA) is 58.1 Å². The summed E-state index contributed by atoms with van der Waals surface area (Å²) >= 11 is 5.79. The summed E-state index contributed by atoms with van der Waals surface area (Å²) in [6, 6.07) is 7.54. The Bertz CT molecular complexity index is 647. The molecule has 1 atom stereocenters. The maximum absolute atomic E-state index is 12.2. The standard InChI is InChI=1S/C17H19ClN4O/c18-15-3-4-16(20-10-15)21-17(23)12-22-9-1-2-14(11-22)13-5-7-19-8-6-13/h3-8,10,14H,1-2,9,11-12H2,(H,20,21,23). The molecule has 6 heteroatoms. The number of rotatable bonds is 4. The van der Waals surface area contributed by atoms with E-state index in [-0.39, 0.29) is 5.91 Å². The molecule has 1 unspecified atom stereocenters. The molecule has 1 amide bonds. The molecule has 2 aromatic rings. The number of hydrogen-bond donors (Lipinski definition) is 1. The summed E-state index contributed by atoms with van der Waals surface area (Å²) in [5.74, 6) is 0.950. The Morgan fingerprint density at radius 3 is 2.87 bits per heavy atom. The zero-order valence-electron chi connectivity index (χ0n) is 12.8. The third-order valence-electron chi connectivity index (χ3n) is 4.05. The molecule has 1 N–H and O–H groups in total. The van der Waals surface area contributed by atoms with Gasteiger partial charge in [0.2, 0.25) is 5.91 Å². The number of amides is 1. The number of nitrogens with zero attached hydrogens (tertiary/aromatic N) is 3. The monoisotopic (exact) mass is 330 g/mol. The molecule has 0 saturated carbocycles. The van der Waals surface area contributed by atoms with Crippen LogP contribution in [0.2, 0.25) is 5.02 Å². The van der Waals surface area contributed by atoms with Gasteiger partial charge in [-0.3, -0.25) is 14.7 Å². The van der Waals surface area contributed by atoms with Crippen LogP contribution in [0.4, 0.5) is 5.82 Å². The molecule has 0 spiro atoms. The minimum Gasteiger partial charge on any atom is -0.310 e. The van der Waals surface area contributed by atoms with Gasteiger partial charge in [0, 0.05) is 25.1 Å². The van der Waals surface area contributed by atoms with E-state index < -0.39 is 0 Å².